The summed E-state index contributed by atoms with van der Waals surface area (Å²) in [5.74, 6) is 0. The van der Waals surface area contributed by atoms with Crippen molar-refractivity contribution in [3.05, 3.63) is 0 Å². The second kappa shape index (κ2) is 14.7. The smallest absolute Gasteiger partial charge is 0.156 e. The van der Waals surface area contributed by atoms with Crippen LogP contribution in [0.3, 0.4) is 0 Å². The molecule has 3 aliphatic rings. The maximum Gasteiger partial charge on any atom is 0.156 e. The summed E-state index contributed by atoms with van der Waals surface area (Å²) in [7, 11) is 0. The summed E-state index contributed by atoms with van der Waals surface area (Å²) in [6, 6.07) is 0. The quantitative estimate of drug-likeness (QED) is 0.0971. The number of aliphatic hydroxyl groups excluding tert-OH is 16. The zero-order valence-electron chi connectivity index (χ0n) is 23.5. The average Bonchev–Trinajstić information content (AvgIpc) is 3.03. The molecule has 3 rings (SSSR count). The SMILES string of the molecule is OC[C@@H](O)[C@@H](O)[C@H](O)[C@@](O)(C1O[C@H](CO)[C@@H](O)[C@H](O)[C@H]1O)C(O)(C1O[C@H](CO)[C@@H](O)[C@H](O)[C@H]1O)C1O[C@H](CO)[C@@H](O)[C@H](O)[C@H]1O. The molecule has 0 aromatic carbocycles. The van der Waals surface area contributed by atoms with Crippen molar-refractivity contribution in [3.8, 4) is 0 Å². The topological polar surface area (TPSA) is 392 Å². The van der Waals surface area contributed by atoms with Gasteiger partial charge in [0.25, 0.3) is 0 Å². The number of hydrogen-bond acceptors (Lipinski definition) is 21. The van der Waals surface area contributed by atoms with E-state index in [0.717, 1.165) is 0 Å². The van der Waals surface area contributed by atoms with Crippen molar-refractivity contribution in [1.82, 2.24) is 0 Å². The minimum absolute atomic E-state index is 1.18. The summed E-state index contributed by atoms with van der Waals surface area (Å²) < 4.78 is 16.1. The summed E-state index contributed by atoms with van der Waals surface area (Å²) >= 11 is 0. The molecule has 21 heteroatoms. The van der Waals surface area contributed by atoms with E-state index in [0.29, 0.717) is 0 Å². The highest BCUT2D eigenvalue weighted by atomic mass is 16.6. The van der Waals surface area contributed by atoms with E-state index < -0.39 is 148 Å². The van der Waals surface area contributed by atoms with Crippen molar-refractivity contribution in [2.75, 3.05) is 26.4 Å². The van der Waals surface area contributed by atoms with Gasteiger partial charge in [-0.15, -0.1) is 0 Å². The van der Waals surface area contributed by atoms with Gasteiger partial charge in [-0.25, -0.2) is 0 Å². The highest BCUT2D eigenvalue weighted by molar-refractivity contribution is 5.24. The largest absolute Gasteiger partial charge is 0.394 e. The molecule has 3 unspecified atom stereocenters. The van der Waals surface area contributed by atoms with Gasteiger partial charge in [-0.3, -0.25) is 0 Å². The molecule has 3 heterocycles. The third kappa shape index (κ3) is 6.25. The molecular formula is C24H44O21. The van der Waals surface area contributed by atoms with E-state index in [-0.39, 0.29) is 0 Å². The second-order valence-electron chi connectivity index (χ2n) is 11.6. The lowest BCUT2D eigenvalue weighted by molar-refractivity contribution is -0.399. The van der Waals surface area contributed by atoms with Crippen molar-refractivity contribution < 1.29 is 106 Å². The number of rotatable bonds is 11. The Morgan fingerprint density at radius 3 is 1.09 bits per heavy atom. The zero-order chi connectivity index (χ0) is 34.3. The standard InChI is InChI=1S/C24H44O21/c25-1-5(29)9(30)19(40)23(41,20-16(37)13(34)10(31)6(2-26)43-20)24(42,21-17(38)14(35)11(32)7(3-27)44-21)22-18(39)15(36)12(33)8(4-28)45-22/h5-22,25-42H,1-4H2/t5-,6-,7-,8-,9-,10-,11-,12-,13+,14+,15+,16-,17-,18-,19+,20?,21?,22?,23-,24?/m1/s1. The summed E-state index contributed by atoms with van der Waals surface area (Å²) in [6.45, 7) is -4.90. The van der Waals surface area contributed by atoms with Gasteiger partial charge in [0, 0.05) is 0 Å². The molecule has 18 N–H and O–H groups in total. The van der Waals surface area contributed by atoms with Gasteiger partial charge in [-0.05, 0) is 0 Å². The minimum Gasteiger partial charge on any atom is -0.394 e. The van der Waals surface area contributed by atoms with E-state index in [1.807, 2.05) is 0 Å². The average molecular weight is 669 g/mol. The fraction of sp³-hybridized carbons (Fsp3) is 1.00. The van der Waals surface area contributed by atoms with Crippen molar-refractivity contribution in [3.63, 3.8) is 0 Å². The van der Waals surface area contributed by atoms with Gasteiger partial charge in [0.05, 0.1) is 26.4 Å². The first kappa shape index (κ1) is 38.6. The van der Waals surface area contributed by atoms with Crippen LogP contribution in [-0.4, -0.2) is 239 Å². The lowest BCUT2D eigenvalue weighted by Gasteiger charge is -2.62. The van der Waals surface area contributed by atoms with Crippen molar-refractivity contribution in [1.29, 1.82) is 0 Å². The van der Waals surface area contributed by atoms with E-state index in [9.17, 15) is 91.9 Å². The van der Waals surface area contributed by atoms with Gasteiger partial charge < -0.3 is 106 Å². The Kier molecular flexibility index (Phi) is 12.6. The van der Waals surface area contributed by atoms with E-state index in [2.05, 4.69) is 0 Å². The molecule has 19 atom stereocenters. The third-order valence-corrected chi connectivity index (χ3v) is 8.98. The van der Waals surface area contributed by atoms with Gasteiger partial charge in [0.2, 0.25) is 0 Å². The number of aliphatic hydroxyl groups is 18. The van der Waals surface area contributed by atoms with Crippen LogP contribution in [0.25, 0.3) is 0 Å². The molecular weight excluding hydrogens is 624 g/mol. The molecule has 0 aromatic rings. The van der Waals surface area contributed by atoms with Crippen LogP contribution in [0.5, 0.6) is 0 Å². The molecule has 0 aliphatic carbocycles. The summed E-state index contributed by atoms with van der Waals surface area (Å²) in [5.41, 5.74) is -8.09. The summed E-state index contributed by atoms with van der Waals surface area (Å²) in [4.78, 5) is 0. The van der Waals surface area contributed by atoms with Crippen LogP contribution in [0.4, 0.5) is 0 Å². The first-order valence-corrected chi connectivity index (χ1v) is 13.9. The normalized spacial score (nSPS) is 47.7. The molecule has 3 aliphatic heterocycles. The Balaban J connectivity index is 2.42. The van der Waals surface area contributed by atoms with E-state index in [1.165, 1.54) is 0 Å². The number of ether oxygens (including phenoxy) is 3. The van der Waals surface area contributed by atoms with Gasteiger partial charge in [0.1, 0.15) is 110 Å². The molecule has 0 spiro atoms. The minimum atomic E-state index is -4.09. The maximum absolute atomic E-state index is 12.6. The van der Waals surface area contributed by atoms with Crippen LogP contribution in [0.15, 0.2) is 0 Å². The van der Waals surface area contributed by atoms with Gasteiger partial charge in [0.15, 0.2) is 11.2 Å². The molecule has 266 valence electrons. The first-order chi connectivity index (χ1) is 20.9. The highest BCUT2D eigenvalue weighted by Gasteiger charge is 2.75. The molecule has 3 fully saturated rings. The maximum atomic E-state index is 12.6. The monoisotopic (exact) mass is 668 g/mol. The highest BCUT2D eigenvalue weighted by Crippen LogP contribution is 2.48. The Morgan fingerprint density at radius 2 is 0.778 bits per heavy atom. The fourth-order valence-corrected chi connectivity index (χ4v) is 6.23. The van der Waals surface area contributed by atoms with Crippen LogP contribution >= 0.6 is 0 Å². The summed E-state index contributed by atoms with van der Waals surface area (Å²) in [5, 5.41) is 192. The van der Waals surface area contributed by atoms with Crippen LogP contribution < -0.4 is 0 Å². The van der Waals surface area contributed by atoms with E-state index in [4.69, 9.17) is 14.2 Å². The molecule has 0 bridgehead atoms. The number of hydrogen-bond donors (Lipinski definition) is 18. The van der Waals surface area contributed by atoms with E-state index >= 15 is 0 Å². The Bertz CT molecular complexity index is 905. The van der Waals surface area contributed by atoms with Crippen molar-refractivity contribution in [2.45, 2.75) is 121 Å². The van der Waals surface area contributed by atoms with Crippen LogP contribution in [0.1, 0.15) is 0 Å². The summed E-state index contributed by atoms with van der Waals surface area (Å²) in [6.07, 6.45) is -44.2. The second-order valence-corrected chi connectivity index (χ2v) is 11.6. The Hall–Kier alpha value is -0.840. The van der Waals surface area contributed by atoms with E-state index in [1.54, 1.807) is 0 Å². The molecule has 0 amide bonds. The first-order valence-electron chi connectivity index (χ1n) is 13.9. The van der Waals surface area contributed by atoms with Crippen LogP contribution in [0.2, 0.25) is 0 Å². The van der Waals surface area contributed by atoms with Gasteiger partial charge in [-0.2, -0.15) is 0 Å². The lowest BCUT2D eigenvalue weighted by atomic mass is 9.61. The third-order valence-electron chi connectivity index (χ3n) is 8.98. The van der Waals surface area contributed by atoms with Crippen LogP contribution in [0, 0.1) is 0 Å². The molecule has 21 nitrogen and oxygen atoms in total. The van der Waals surface area contributed by atoms with Crippen molar-refractivity contribution in [2.24, 2.45) is 0 Å². The molecule has 0 radical (unpaired) electrons. The van der Waals surface area contributed by atoms with Gasteiger partial charge in [-0.1, -0.05) is 0 Å². The Morgan fingerprint density at radius 1 is 0.467 bits per heavy atom. The lowest BCUT2D eigenvalue weighted by Crippen LogP contribution is -2.86. The predicted octanol–water partition coefficient (Wildman–Crippen LogP) is -11.9. The van der Waals surface area contributed by atoms with Crippen LogP contribution in [-0.2, 0) is 14.2 Å². The zero-order valence-corrected chi connectivity index (χ0v) is 23.5. The molecule has 45 heavy (non-hydrogen) atoms. The predicted molar refractivity (Wildman–Crippen MR) is 136 cm³/mol. The van der Waals surface area contributed by atoms with Crippen molar-refractivity contribution >= 4 is 0 Å². The fourth-order valence-electron chi connectivity index (χ4n) is 6.23. The Labute approximate surface area is 254 Å². The molecule has 0 saturated carbocycles. The molecule has 3 saturated heterocycles. The molecule has 0 aromatic heterocycles. The van der Waals surface area contributed by atoms with Gasteiger partial charge >= 0.3 is 0 Å².